The van der Waals surface area contributed by atoms with Crippen molar-refractivity contribution in [2.24, 2.45) is 0 Å². The van der Waals surface area contributed by atoms with Crippen LogP contribution in [0.25, 0.3) is 0 Å². The fraction of sp³-hybridized carbons (Fsp3) is 0.429. The van der Waals surface area contributed by atoms with Gasteiger partial charge in [0.15, 0.2) is 11.6 Å². The van der Waals surface area contributed by atoms with E-state index in [1.54, 1.807) is 0 Å². The van der Waals surface area contributed by atoms with Crippen LogP contribution in [-0.2, 0) is 9.59 Å². The first-order valence-electron chi connectivity index (χ1n) is 2.86. The van der Waals surface area contributed by atoms with Gasteiger partial charge in [-0.1, -0.05) is 6.92 Å². The summed E-state index contributed by atoms with van der Waals surface area (Å²) in [4.78, 5) is 21.1. The smallest absolute Gasteiger partial charge is 0.162 e. The van der Waals surface area contributed by atoms with Crippen molar-refractivity contribution >= 4 is 11.6 Å². The Kier molecular flexibility index (Phi) is 2.80. The number of Topliss-reactive ketones (excluding diaryl/α,β-unsaturated/α-hetero) is 2. The lowest BCUT2D eigenvalue weighted by Gasteiger charge is -2.08. The highest BCUT2D eigenvalue weighted by molar-refractivity contribution is 6.18. The van der Waals surface area contributed by atoms with E-state index >= 15 is 0 Å². The van der Waals surface area contributed by atoms with Gasteiger partial charge in [0, 0.05) is 5.57 Å². The minimum absolute atomic E-state index is 0.222. The van der Waals surface area contributed by atoms with Gasteiger partial charge in [-0.3, -0.25) is 9.59 Å². The minimum atomic E-state index is -0.458. The topological polar surface area (TPSA) is 57.2 Å². The zero-order valence-electron chi connectivity index (χ0n) is 6.22. The molecule has 0 bridgehead atoms. The summed E-state index contributed by atoms with van der Waals surface area (Å²) in [7, 11) is 0. The maximum Gasteiger partial charge on any atom is 0.162 e. The van der Waals surface area contributed by atoms with Crippen LogP contribution in [0.15, 0.2) is 11.3 Å². The van der Waals surface area contributed by atoms with Gasteiger partial charge in [-0.05, 0) is 13.8 Å². The van der Waals surface area contributed by atoms with E-state index in [1.165, 1.54) is 20.8 Å². The molecule has 0 radical (unpaired) electrons. The summed E-state index contributed by atoms with van der Waals surface area (Å²) in [6.07, 6.45) is 0. The Hall–Kier alpha value is -1.12. The Bertz CT molecular complexity index is 181. The SMILES string of the molecule is CC(=O)C(C(C)=O)=C(C)[O-]. The zero-order chi connectivity index (χ0) is 8.31. The number of rotatable bonds is 2. The molecule has 0 aliphatic rings. The number of hydrogen-bond acceptors (Lipinski definition) is 3. The van der Waals surface area contributed by atoms with E-state index in [0.29, 0.717) is 0 Å². The van der Waals surface area contributed by atoms with Crippen LogP contribution in [0.4, 0.5) is 0 Å². The van der Waals surface area contributed by atoms with Crippen LogP contribution in [0.5, 0.6) is 0 Å². The molecule has 0 N–H and O–H groups in total. The third-order valence-corrected chi connectivity index (χ3v) is 1.06. The molecule has 0 atom stereocenters. The van der Waals surface area contributed by atoms with Gasteiger partial charge in [0.25, 0.3) is 0 Å². The highest BCUT2D eigenvalue weighted by Gasteiger charge is 2.07. The van der Waals surface area contributed by atoms with E-state index in [1.807, 2.05) is 0 Å². The monoisotopic (exact) mass is 141 g/mol. The second-order valence-electron chi connectivity index (χ2n) is 2.04. The van der Waals surface area contributed by atoms with Crippen molar-refractivity contribution in [1.29, 1.82) is 0 Å². The molecule has 0 aromatic rings. The molecule has 0 aliphatic heterocycles. The van der Waals surface area contributed by atoms with E-state index < -0.39 is 17.3 Å². The van der Waals surface area contributed by atoms with Crippen LogP contribution in [0.2, 0.25) is 0 Å². The number of carbonyl (C=O) groups excluding carboxylic acids is 2. The van der Waals surface area contributed by atoms with Crippen LogP contribution in [-0.4, -0.2) is 11.6 Å². The van der Waals surface area contributed by atoms with Gasteiger partial charge in [-0.2, -0.15) is 0 Å². The third-order valence-electron chi connectivity index (χ3n) is 1.06. The molecule has 0 saturated heterocycles. The molecule has 0 rings (SSSR count). The van der Waals surface area contributed by atoms with Crippen molar-refractivity contribution in [1.82, 2.24) is 0 Å². The Labute approximate surface area is 59.4 Å². The highest BCUT2D eigenvalue weighted by Crippen LogP contribution is 2.00. The molecule has 3 nitrogen and oxygen atoms in total. The van der Waals surface area contributed by atoms with Gasteiger partial charge in [0.2, 0.25) is 0 Å². The van der Waals surface area contributed by atoms with Crippen molar-refractivity contribution in [2.45, 2.75) is 20.8 Å². The van der Waals surface area contributed by atoms with Gasteiger partial charge >= 0.3 is 0 Å². The summed E-state index contributed by atoms with van der Waals surface area (Å²) in [6, 6.07) is 0. The normalized spacial score (nSPS) is 8.70. The first-order chi connectivity index (χ1) is 4.46. The van der Waals surface area contributed by atoms with Gasteiger partial charge in [-0.15, -0.1) is 5.76 Å². The number of hydrogen-bond donors (Lipinski definition) is 0. The molecule has 56 valence electrons. The third kappa shape index (κ3) is 2.01. The lowest BCUT2D eigenvalue weighted by molar-refractivity contribution is -0.302. The maximum atomic E-state index is 10.5. The molecular weight excluding hydrogens is 132 g/mol. The summed E-state index contributed by atoms with van der Waals surface area (Å²) in [6.45, 7) is 3.62. The summed E-state index contributed by atoms with van der Waals surface area (Å²) in [5.74, 6) is -1.37. The quantitative estimate of drug-likeness (QED) is 0.231. The molecule has 0 aliphatic carbocycles. The molecule has 0 aromatic carbocycles. The van der Waals surface area contributed by atoms with Crippen molar-refractivity contribution in [2.75, 3.05) is 0 Å². The van der Waals surface area contributed by atoms with Gasteiger partial charge < -0.3 is 5.11 Å². The molecule has 0 fully saturated rings. The molecule has 0 aromatic heterocycles. The zero-order valence-corrected chi connectivity index (χ0v) is 6.22. The van der Waals surface area contributed by atoms with Crippen LogP contribution in [0.1, 0.15) is 20.8 Å². The first kappa shape index (κ1) is 8.88. The van der Waals surface area contributed by atoms with Crippen molar-refractivity contribution in [3.05, 3.63) is 11.3 Å². The second kappa shape index (κ2) is 3.15. The fourth-order valence-electron chi connectivity index (χ4n) is 0.744. The molecular formula is C7H9O3-. The van der Waals surface area contributed by atoms with Gasteiger partial charge in [-0.25, -0.2) is 0 Å². The number of allylic oxidation sites excluding steroid dienone is 2. The first-order valence-corrected chi connectivity index (χ1v) is 2.86. The van der Waals surface area contributed by atoms with Crippen LogP contribution >= 0.6 is 0 Å². The summed E-state index contributed by atoms with van der Waals surface area (Å²) < 4.78 is 0. The highest BCUT2D eigenvalue weighted by atomic mass is 16.3. The predicted molar refractivity (Wildman–Crippen MR) is 34.1 cm³/mol. The number of ketones is 2. The van der Waals surface area contributed by atoms with Crippen molar-refractivity contribution in [3.63, 3.8) is 0 Å². The lowest BCUT2D eigenvalue weighted by Crippen LogP contribution is -2.15. The largest absolute Gasteiger partial charge is 0.875 e. The maximum absolute atomic E-state index is 10.5. The van der Waals surface area contributed by atoms with Crippen LogP contribution in [0, 0.1) is 0 Å². The second-order valence-corrected chi connectivity index (χ2v) is 2.04. The van der Waals surface area contributed by atoms with Crippen molar-refractivity contribution in [3.8, 4) is 0 Å². The van der Waals surface area contributed by atoms with Crippen molar-refractivity contribution < 1.29 is 14.7 Å². The molecule has 0 saturated carbocycles. The summed E-state index contributed by atoms with van der Waals surface area (Å²) >= 11 is 0. The molecule has 0 unspecified atom stereocenters. The lowest BCUT2D eigenvalue weighted by atomic mass is 10.1. The number of carbonyl (C=O) groups is 2. The average Bonchev–Trinajstić information content (AvgIpc) is 1.59. The van der Waals surface area contributed by atoms with E-state index in [9.17, 15) is 14.7 Å². The average molecular weight is 141 g/mol. The van der Waals surface area contributed by atoms with E-state index in [4.69, 9.17) is 0 Å². The Balaban J connectivity index is 4.79. The molecule has 0 heterocycles. The Morgan fingerprint density at radius 3 is 1.30 bits per heavy atom. The molecule has 10 heavy (non-hydrogen) atoms. The molecule has 3 heteroatoms. The van der Waals surface area contributed by atoms with Crippen LogP contribution in [0.3, 0.4) is 0 Å². The predicted octanol–water partition coefficient (Wildman–Crippen LogP) is -0.201. The molecule has 0 amide bonds. The summed E-state index contributed by atoms with van der Waals surface area (Å²) in [5.41, 5.74) is -0.222. The van der Waals surface area contributed by atoms with E-state index in [2.05, 4.69) is 0 Å². The fourth-order valence-corrected chi connectivity index (χ4v) is 0.744. The van der Waals surface area contributed by atoms with E-state index in [0.717, 1.165) is 0 Å². The minimum Gasteiger partial charge on any atom is -0.875 e. The summed E-state index contributed by atoms with van der Waals surface area (Å²) in [5, 5.41) is 10.5. The Morgan fingerprint density at radius 2 is 1.30 bits per heavy atom. The standard InChI is InChI=1S/C7H10O3/c1-4(8)7(5(2)9)6(3)10/h8H,1-3H3/p-1. The Morgan fingerprint density at radius 1 is 1.00 bits per heavy atom. The van der Waals surface area contributed by atoms with Gasteiger partial charge in [0.1, 0.15) is 0 Å². The van der Waals surface area contributed by atoms with E-state index in [-0.39, 0.29) is 5.57 Å². The molecule has 0 spiro atoms. The van der Waals surface area contributed by atoms with Crippen LogP contribution < -0.4 is 5.11 Å². The van der Waals surface area contributed by atoms with Gasteiger partial charge in [0.05, 0.1) is 0 Å².